The summed E-state index contributed by atoms with van der Waals surface area (Å²) < 4.78 is 24.4. The summed E-state index contributed by atoms with van der Waals surface area (Å²) in [5.74, 6) is -0.358. The molecule has 2 unspecified atom stereocenters. The quantitative estimate of drug-likeness (QED) is 0.573. The Balaban J connectivity index is 1.72. The maximum absolute atomic E-state index is 13.5. The number of carbonyl (C=O) groups is 1. The third kappa shape index (κ3) is 3.37. The number of phenolic OH excluding ortho intramolecular Hbond substituents is 1. The van der Waals surface area contributed by atoms with Crippen molar-refractivity contribution in [3.8, 4) is 17.0 Å². The monoisotopic (exact) mass is 491 g/mol. The Bertz CT molecular complexity index is 1370. The van der Waals surface area contributed by atoms with Gasteiger partial charge in [-0.2, -0.15) is 5.10 Å². The Morgan fingerprint density at radius 3 is 2.62 bits per heavy atom. The van der Waals surface area contributed by atoms with E-state index in [9.17, 15) is 18.3 Å². The van der Waals surface area contributed by atoms with Crippen molar-refractivity contribution in [3.63, 3.8) is 0 Å². The molecule has 3 heterocycles. The number of hydrogen-bond donors (Lipinski definition) is 2. The number of nitrogens with zero attached hydrogens (tertiary/aromatic N) is 2. The summed E-state index contributed by atoms with van der Waals surface area (Å²) in [5, 5.41) is 18.4. The summed E-state index contributed by atoms with van der Waals surface area (Å²) in [4.78, 5) is 15.1. The van der Waals surface area contributed by atoms with E-state index in [4.69, 9.17) is 23.2 Å². The molecule has 1 fully saturated rings. The van der Waals surface area contributed by atoms with E-state index < -0.39 is 21.9 Å². The fourth-order valence-corrected chi connectivity index (χ4v) is 6.61. The van der Waals surface area contributed by atoms with E-state index in [1.54, 1.807) is 41.3 Å². The minimum absolute atomic E-state index is 0.0344. The van der Waals surface area contributed by atoms with Crippen LogP contribution in [0.4, 0.5) is 0 Å². The van der Waals surface area contributed by atoms with E-state index in [-0.39, 0.29) is 28.9 Å². The number of carbonyl (C=O) groups excluding carboxylic acids is 1. The first-order valence-electron chi connectivity index (χ1n) is 10.0. The number of aromatic nitrogens is 2. The Morgan fingerprint density at radius 2 is 1.94 bits per heavy atom. The Hall–Kier alpha value is -2.55. The van der Waals surface area contributed by atoms with E-state index >= 15 is 0 Å². The number of aromatic hydroxyl groups is 1. The van der Waals surface area contributed by atoms with Crippen LogP contribution in [-0.4, -0.2) is 52.1 Å². The first-order chi connectivity index (χ1) is 15.2. The lowest BCUT2D eigenvalue weighted by atomic mass is 9.94. The Morgan fingerprint density at radius 1 is 1.16 bits per heavy atom. The molecule has 2 aliphatic rings. The lowest BCUT2D eigenvalue weighted by molar-refractivity contribution is 0.0678. The van der Waals surface area contributed by atoms with Gasteiger partial charge >= 0.3 is 0 Å². The molecule has 166 valence electrons. The summed E-state index contributed by atoms with van der Waals surface area (Å²) in [6, 6.07) is 9.15. The summed E-state index contributed by atoms with van der Waals surface area (Å²) in [5.41, 5.74) is 3.39. The first kappa shape index (κ1) is 21.3. The topological polar surface area (TPSA) is 103 Å². The fraction of sp³-hybridized carbons (Fsp3) is 0.273. The van der Waals surface area contributed by atoms with Crippen molar-refractivity contribution in [3.05, 3.63) is 68.8 Å². The molecular weight excluding hydrogens is 473 g/mol. The van der Waals surface area contributed by atoms with Crippen LogP contribution in [0.15, 0.2) is 36.4 Å². The van der Waals surface area contributed by atoms with Crippen LogP contribution < -0.4 is 0 Å². The Labute approximate surface area is 194 Å². The van der Waals surface area contributed by atoms with Gasteiger partial charge in [-0.05, 0) is 43.2 Å². The zero-order valence-corrected chi connectivity index (χ0v) is 19.3. The molecule has 3 aromatic rings. The highest BCUT2D eigenvalue weighted by molar-refractivity contribution is 7.91. The van der Waals surface area contributed by atoms with E-state index in [0.29, 0.717) is 38.9 Å². The van der Waals surface area contributed by atoms with Gasteiger partial charge in [-0.25, -0.2) is 8.42 Å². The molecule has 0 radical (unpaired) electrons. The summed E-state index contributed by atoms with van der Waals surface area (Å²) >= 11 is 12.4. The second-order valence-corrected chi connectivity index (χ2v) is 11.3. The van der Waals surface area contributed by atoms with Crippen LogP contribution in [0.5, 0.6) is 5.75 Å². The summed E-state index contributed by atoms with van der Waals surface area (Å²) in [6.07, 6.45) is 0.356. The zero-order chi connectivity index (χ0) is 22.8. The van der Waals surface area contributed by atoms with Gasteiger partial charge in [0.25, 0.3) is 5.91 Å². The molecule has 2 aromatic carbocycles. The number of rotatable bonds is 3. The fourth-order valence-electron chi connectivity index (χ4n) is 4.59. The third-order valence-corrected chi connectivity index (χ3v) is 8.56. The summed E-state index contributed by atoms with van der Waals surface area (Å²) in [7, 11) is -3.23. The minimum atomic E-state index is -3.23. The molecule has 0 spiro atoms. The molecule has 2 aliphatic heterocycles. The number of H-pyrrole nitrogens is 1. The van der Waals surface area contributed by atoms with Crippen LogP contribution in [0, 0.1) is 6.92 Å². The number of aryl methyl sites for hydroxylation is 1. The first-order valence-corrected chi connectivity index (χ1v) is 12.6. The van der Waals surface area contributed by atoms with Crippen molar-refractivity contribution in [1.82, 2.24) is 15.1 Å². The van der Waals surface area contributed by atoms with E-state index in [1.165, 1.54) is 0 Å². The van der Waals surface area contributed by atoms with Gasteiger partial charge in [0.05, 0.1) is 27.6 Å². The van der Waals surface area contributed by atoms with Gasteiger partial charge in [-0.1, -0.05) is 40.9 Å². The zero-order valence-electron chi connectivity index (χ0n) is 17.0. The Kier molecular flexibility index (Phi) is 5.00. The van der Waals surface area contributed by atoms with Crippen molar-refractivity contribution in [1.29, 1.82) is 0 Å². The second kappa shape index (κ2) is 7.50. The van der Waals surface area contributed by atoms with Gasteiger partial charge in [0.1, 0.15) is 17.1 Å². The SMILES string of the molecule is Cc1ccc(O)c(-c2n[nH]c3c2C(c2ccc(Cl)c(Cl)c2)N(C2CCS(=O)(=O)C2)C3=O)c1. The van der Waals surface area contributed by atoms with Gasteiger partial charge < -0.3 is 10.0 Å². The van der Waals surface area contributed by atoms with Gasteiger partial charge in [0, 0.05) is 17.2 Å². The molecule has 7 nitrogen and oxygen atoms in total. The molecule has 1 amide bonds. The average molecular weight is 492 g/mol. The average Bonchev–Trinajstić information content (AvgIpc) is 3.39. The molecule has 0 aliphatic carbocycles. The molecule has 2 atom stereocenters. The lowest BCUT2D eigenvalue weighted by Crippen LogP contribution is -2.40. The van der Waals surface area contributed by atoms with E-state index in [0.717, 1.165) is 5.56 Å². The molecule has 1 aromatic heterocycles. The number of fused-ring (bicyclic) bond motifs is 1. The van der Waals surface area contributed by atoms with E-state index in [1.807, 2.05) is 6.92 Å². The highest BCUT2D eigenvalue weighted by Gasteiger charge is 2.48. The number of hydrogen-bond acceptors (Lipinski definition) is 5. The molecule has 5 rings (SSSR count). The van der Waals surface area contributed by atoms with Crippen LogP contribution in [0.3, 0.4) is 0 Å². The van der Waals surface area contributed by atoms with Gasteiger partial charge in [-0.3, -0.25) is 9.89 Å². The summed E-state index contributed by atoms with van der Waals surface area (Å²) in [6.45, 7) is 1.90. The van der Waals surface area contributed by atoms with Crippen molar-refractivity contribution in [2.24, 2.45) is 0 Å². The second-order valence-electron chi connectivity index (χ2n) is 8.23. The normalized spacial score (nSPS) is 21.8. The van der Waals surface area contributed by atoms with Crippen molar-refractivity contribution in [2.75, 3.05) is 11.5 Å². The standard InChI is InChI=1S/C22H19Cl2N3O4S/c1-11-2-5-17(28)14(8-11)19-18-20(26-25-19)22(29)27(13-6-7-32(30,31)10-13)21(18)12-3-4-15(23)16(24)9-12/h2-5,8-9,13,21,28H,6-7,10H2,1H3,(H,25,26). The molecule has 2 N–H and O–H groups in total. The molecule has 10 heteroatoms. The van der Waals surface area contributed by atoms with Gasteiger partial charge in [-0.15, -0.1) is 0 Å². The van der Waals surface area contributed by atoms with Crippen LogP contribution in [0.1, 0.15) is 39.6 Å². The van der Waals surface area contributed by atoms with Crippen molar-refractivity contribution < 1.29 is 18.3 Å². The van der Waals surface area contributed by atoms with Crippen molar-refractivity contribution in [2.45, 2.75) is 25.4 Å². The number of amides is 1. The molecular formula is C22H19Cl2N3O4S. The molecule has 1 saturated heterocycles. The number of aromatic amines is 1. The van der Waals surface area contributed by atoms with Crippen LogP contribution >= 0.6 is 23.2 Å². The maximum atomic E-state index is 13.5. The number of benzene rings is 2. The lowest BCUT2D eigenvalue weighted by Gasteiger charge is -2.31. The number of sulfone groups is 1. The molecule has 32 heavy (non-hydrogen) atoms. The smallest absolute Gasteiger partial charge is 0.273 e. The largest absolute Gasteiger partial charge is 0.507 e. The van der Waals surface area contributed by atoms with Crippen LogP contribution in [0.25, 0.3) is 11.3 Å². The van der Waals surface area contributed by atoms with Crippen molar-refractivity contribution >= 4 is 38.9 Å². The maximum Gasteiger partial charge on any atom is 0.273 e. The van der Waals surface area contributed by atoms with Gasteiger partial charge in [0.2, 0.25) is 0 Å². The van der Waals surface area contributed by atoms with Crippen LogP contribution in [-0.2, 0) is 9.84 Å². The molecule has 0 bridgehead atoms. The van der Waals surface area contributed by atoms with Crippen LogP contribution in [0.2, 0.25) is 10.0 Å². The predicted octanol–water partition coefficient (Wildman–Crippen LogP) is 4.13. The minimum Gasteiger partial charge on any atom is -0.507 e. The number of phenols is 1. The predicted molar refractivity (Wildman–Crippen MR) is 122 cm³/mol. The number of halogens is 2. The molecule has 0 saturated carbocycles. The third-order valence-electron chi connectivity index (χ3n) is 6.07. The highest BCUT2D eigenvalue weighted by Crippen LogP contribution is 2.47. The van der Waals surface area contributed by atoms with Gasteiger partial charge in [0.15, 0.2) is 9.84 Å². The number of nitrogens with one attached hydrogen (secondary N) is 1. The highest BCUT2D eigenvalue weighted by atomic mass is 35.5. The van der Waals surface area contributed by atoms with E-state index in [2.05, 4.69) is 10.2 Å².